The van der Waals surface area contributed by atoms with Gasteiger partial charge in [0.15, 0.2) is 0 Å². The molecule has 1 rings (SSSR count). The minimum Gasteiger partial charge on any atom is -0.493 e. The Morgan fingerprint density at radius 3 is 2.77 bits per heavy atom. The highest BCUT2D eigenvalue weighted by molar-refractivity contribution is 5.43. The van der Waals surface area contributed by atoms with E-state index in [0.717, 1.165) is 6.61 Å². The van der Waals surface area contributed by atoms with Crippen molar-refractivity contribution < 1.29 is 14.9 Å². The average Bonchev–Trinajstić information content (AvgIpc) is 2.18. The lowest BCUT2D eigenvalue weighted by atomic mass is 10.1. The van der Waals surface area contributed by atoms with Crippen molar-refractivity contribution in [2.24, 2.45) is 0 Å². The van der Waals surface area contributed by atoms with Gasteiger partial charge in [-0.1, -0.05) is 18.2 Å². The monoisotopic (exact) mass is 181 g/mol. The van der Waals surface area contributed by atoms with Gasteiger partial charge in [0.2, 0.25) is 0 Å². The summed E-state index contributed by atoms with van der Waals surface area (Å²) in [6.45, 7) is 3.26. The Bertz CT molecular complexity index is 249. The maximum Gasteiger partial charge on any atom is 0.130 e. The van der Waals surface area contributed by atoms with Crippen LogP contribution in [-0.4, -0.2) is 16.8 Å². The number of ether oxygens (including phenoxy) is 1. The molecule has 71 valence electrons. The van der Waals surface area contributed by atoms with Gasteiger partial charge in [-0.25, -0.2) is 0 Å². The molecule has 0 unspecified atom stereocenters. The zero-order chi connectivity index (χ0) is 9.68. The highest BCUT2D eigenvalue weighted by Gasteiger charge is 2.07. The van der Waals surface area contributed by atoms with Gasteiger partial charge in [-0.15, -0.1) is 0 Å². The zero-order valence-corrected chi connectivity index (χ0v) is 7.53. The molecule has 1 radical (unpaired) electrons. The normalized spacial score (nSPS) is 10.1. The van der Waals surface area contributed by atoms with E-state index >= 15 is 0 Å². The number of aliphatic hydroxyl groups is 2. The first kappa shape index (κ1) is 10.0. The standard InChI is InChI=1S/C10H13O3/c1-2-13-10-8(6-11)4-3-5-9(10)7-12/h3-6,11-12H,2,7H2,1H3. The lowest BCUT2D eigenvalue weighted by Crippen LogP contribution is -2.00. The first-order chi connectivity index (χ1) is 6.33. The molecule has 2 N–H and O–H groups in total. The van der Waals surface area contributed by atoms with Crippen LogP contribution in [0.5, 0.6) is 5.75 Å². The Kier molecular flexibility index (Phi) is 3.73. The number of benzene rings is 1. The van der Waals surface area contributed by atoms with E-state index in [-0.39, 0.29) is 6.61 Å². The summed E-state index contributed by atoms with van der Waals surface area (Å²) in [5, 5.41) is 17.9. The molecule has 0 bridgehead atoms. The Balaban J connectivity index is 3.05. The van der Waals surface area contributed by atoms with Crippen LogP contribution in [-0.2, 0) is 6.61 Å². The Morgan fingerprint density at radius 1 is 1.46 bits per heavy atom. The van der Waals surface area contributed by atoms with E-state index in [1.807, 2.05) is 6.92 Å². The second-order valence-electron chi connectivity index (χ2n) is 2.56. The first-order valence-electron chi connectivity index (χ1n) is 4.16. The third kappa shape index (κ3) is 2.20. The van der Waals surface area contributed by atoms with Crippen molar-refractivity contribution in [3.63, 3.8) is 0 Å². The van der Waals surface area contributed by atoms with E-state index < -0.39 is 0 Å². The van der Waals surface area contributed by atoms with Gasteiger partial charge in [0.25, 0.3) is 0 Å². The van der Waals surface area contributed by atoms with Crippen molar-refractivity contribution in [1.29, 1.82) is 0 Å². The second kappa shape index (κ2) is 4.84. The van der Waals surface area contributed by atoms with Crippen LogP contribution in [0.15, 0.2) is 18.2 Å². The third-order valence-corrected chi connectivity index (χ3v) is 1.73. The van der Waals surface area contributed by atoms with Crippen LogP contribution in [0.3, 0.4) is 0 Å². The highest BCUT2D eigenvalue weighted by atomic mass is 16.5. The Morgan fingerprint density at radius 2 is 2.23 bits per heavy atom. The van der Waals surface area contributed by atoms with Gasteiger partial charge in [0.1, 0.15) is 12.4 Å². The van der Waals surface area contributed by atoms with Gasteiger partial charge in [-0.05, 0) is 6.92 Å². The van der Waals surface area contributed by atoms with Crippen molar-refractivity contribution in [2.75, 3.05) is 6.61 Å². The molecular weight excluding hydrogens is 168 g/mol. The topological polar surface area (TPSA) is 49.7 Å². The third-order valence-electron chi connectivity index (χ3n) is 1.73. The summed E-state index contributed by atoms with van der Waals surface area (Å²) in [5.74, 6) is 0.551. The first-order valence-corrected chi connectivity index (χ1v) is 4.16. The van der Waals surface area contributed by atoms with Crippen LogP contribution >= 0.6 is 0 Å². The molecular formula is C10H13O3. The minimum atomic E-state index is -0.0863. The molecule has 3 nitrogen and oxygen atoms in total. The van der Waals surface area contributed by atoms with Crippen LogP contribution in [0.25, 0.3) is 0 Å². The molecule has 0 aliphatic rings. The summed E-state index contributed by atoms with van der Waals surface area (Å²) in [6, 6.07) is 5.25. The van der Waals surface area contributed by atoms with E-state index in [0.29, 0.717) is 23.5 Å². The molecule has 0 spiro atoms. The van der Waals surface area contributed by atoms with E-state index in [4.69, 9.17) is 14.9 Å². The molecule has 0 saturated heterocycles. The summed E-state index contributed by atoms with van der Waals surface area (Å²) < 4.78 is 5.30. The van der Waals surface area contributed by atoms with Gasteiger partial charge in [0.05, 0.1) is 13.2 Å². The van der Waals surface area contributed by atoms with E-state index in [2.05, 4.69) is 0 Å². The minimum absolute atomic E-state index is 0.0863. The molecule has 0 aromatic heterocycles. The molecule has 0 saturated carbocycles. The van der Waals surface area contributed by atoms with Gasteiger partial charge in [-0.2, -0.15) is 0 Å². The number of rotatable bonds is 4. The lowest BCUT2D eigenvalue weighted by molar-refractivity contribution is 0.265. The van der Waals surface area contributed by atoms with Gasteiger partial charge >= 0.3 is 0 Å². The van der Waals surface area contributed by atoms with Crippen molar-refractivity contribution in [3.05, 3.63) is 35.9 Å². The fraction of sp³-hybridized carbons (Fsp3) is 0.300. The van der Waals surface area contributed by atoms with Gasteiger partial charge in [-0.3, -0.25) is 0 Å². The summed E-state index contributed by atoms with van der Waals surface area (Å²) in [4.78, 5) is 0. The highest BCUT2D eigenvalue weighted by Crippen LogP contribution is 2.24. The number of hydrogen-bond acceptors (Lipinski definition) is 3. The predicted octanol–water partition coefficient (Wildman–Crippen LogP) is 1.46. The smallest absolute Gasteiger partial charge is 0.130 e. The molecule has 13 heavy (non-hydrogen) atoms. The fourth-order valence-electron chi connectivity index (χ4n) is 1.15. The molecule has 3 heteroatoms. The number of aliphatic hydroxyl groups excluding tert-OH is 2. The summed E-state index contributed by atoms with van der Waals surface area (Å²) in [7, 11) is 0. The summed E-state index contributed by atoms with van der Waals surface area (Å²) in [6.07, 6.45) is 0. The Labute approximate surface area is 77.6 Å². The van der Waals surface area contributed by atoms with Crippen LogP contribution in [0.4, 0.5) is 0 Å². The van der Waals surface area contributed by atoms with Crippen molar-refractivity contribution in [3.8, 4) is 5.75 Å². The van der Waals surface area contributed by atoms with E-state index in [1.54, 1.807) is 18.2 Å². The predicted molar refractivity (Wildman–Crippen MR) is 48.9 cm³/mol. The van der Waals surface area contributed by atoms with Crippen LogP contribution in [0, 0.1) is 6.61 Å². The van der Waals surface area contributed by atoms with E-state index in [1.165, 1.54) is 0 Å². The number of para-hydroxylation sites is 1. The van der Waals surface area contributed by atoms with Gasteiger partial charge < -0.3 is 14.9 Å². The molecule has 0 aliphatic heterocycles. The van der Waals surface area contributed by atoms with Crippen molar-refractivity contribution in [1.82, 2.24) is 0 Å². The molecule has 0 atom stereocenters. The van der Waals surface area contributed by atoms with Gasteiger partial charge in [0, 0.05) is 11.1 Å². The molecule has 1 aromatic rings. The maximum absolute atomic E-state index is 8.99. The number of hydrogen-bond donors (Lipinski definition) is 2. The second-order valence-corrected chi connectivity index (χ2v) is 2.56. The van der Waals surface area contributed by atoms with Crippen LogP contribution in [0.1, 0.15) is 18.1 Å². The summed E-state index contributed by atoms with van der Waals surface area (Å²) >= 11 is 0. The Hall–Kier alpha value is -1.06. The van der Waals surface area contributed by atoms with Crippen molar-refractivity contribution in [2.45, 2.75) is 13.5 Å². The summed E-state index contributed by atoms with van der Waals surface area (Å²) in [5.41, 5.74) is 1.28. The largest absolute Gasteiger partial charge is 0.493 e. The van der Waals surface area contributed by atoms with Crippen LogP contribution in [0.2, 0.25) is 0 Å². The molecule has 0 amide bonds. The van der Waals surface area contributed by atoms with E-state index in [9.17, 15) is 0 Å². The SMILES string of the molecule is CCOc1c([CH]O)cccc1CO. The lowest BCUT2D eigenvalue weighted by Gasteiger charge is -2.11. The maximum atomic E-state index is 8.99. The quantitative estimate of drug-likeness (QED) is 0.739. The zero-order valence-electron chi connectivity index (χ0n) is 7.53. The molecule has 0 fully saturated rings. The average molecular weight is 181 g/mol. The van der Waals surface area contributed by atoms with Crippen LogP contribution < -0.4 is 4.74 Å². The molecule has 1 aromatic carbocycles. The fourth-order valence-corrected chi connectivity index (χ4v) is 1.15. The van der Waals surface area contributed by atoms with Crippen molar-refractivity contribution >= 4 is 0 Å². The molecule has 0 heterocycles. The molecule has 0 aliphatic carbocycles.